The Balaban J connectivity index is 1.02. The molecule has 7 heteroatoms. The molecule has 0 aliphatic rings. The first kappa shape index (κ1) is 33.9. The topological polar surface area (TPSA) is 101 Å². The molecule has 7 aromatic carbocycles. The quantitative estimate of drug-likeness (QED) is 0.154. The third-order valence-corrected chi connectivity index (χ3v) is 9.45. The van der Waals surface area contributed by atoms with Gasteiger partial charge in [0.25, 0.3) is 0 Å². The molecule has 0 spiro atoms. The number of nitrogens with zero attached hydrogens (tertiary/aromatic N) is 7. The van der Waals surface area contributed by atoms with Crippen molar-refractivity contribution >= 4 is 0 Å². The fourth-order valence-electron chi connectivity index (χ4n) is 6.49. The second-order valence-corrected chi connectivity index (χ2v) is 13.1. The Hall–Kier alpha value is -7.95. The number of hydrogen-bond acceptors (Lipinski definition) is 7. The van der Waals surface area contributed by atoms with Crippen LogP contribution in [0, 0.1) is 11.3 Å². The minimum atomic E-state index is 0.506. The second kappa shape index (κ2) is 15.2. The number of benzene rings is 7. The van der Waals surface area contributed by atoms with Crippen LogP contribution in [0.25, 0.3) is 90.6 Å². The molecule has 9 rings (SSSR count). The molecular formula is C49H31N7. The minimum Gasteiger partial charge on any atom is -0.208 e. The molecule has 0 fully saturated rings. The molecular weight excluding hydrogens is 687 g/mol. The third-order valence-electron chi connectivity index (χ3n) is 9.45. The Labute approximate surface area is 324 Å². The standard InChI is InChI=1S/C49H31N7/c50-32-33-11-10-18-43(31-33)49-55-45(39-16-8-3-9-17-39)53-48(56-49)42-29-23-37(24-30-42)36-21-27-41(28-22-36)47-52-44(38-14-6-2-7-15-38)51-46(54-47)40-25-19-35(20-26-40)34-12-4-1-5-13-34/h1-31H. The van der Waals surface area contributed by atoms with Gasteiger partial charge in [0.05, 0.1) is 11.6 Å². The van der Waals surface area contributed by atoms with Crippen LogP contribution in [0.15, 0.2) is 188 Å². The van der Waals surface area contributed by atoms with Gasteiger partial charge < -0.3 is 0 Å². The van der Waals surface area contributed by atoms with Crippen LogP contribution < -0.4 is 0 Å². The lowest BCUT2D eigenvalue weighted by Gasteiger charge is -2.10. The summed E-state index contributed by atoms with van der Waals surface area (Å²) >= 11 is 0. The van der Waals surface area contributed by atoms with Gasteiger partial charge in [-0.05, 0) is 34.4 Å². The van der Waals surface area contributed by atoms with Gasteiger partial charge in [-0.1, -0.05) is 176 Å². The largest absolute Gasteiger partial charge is 0.208 e. The Morgan fingerprint density at radius 1 is 0.250 bits per heavy atom. The molecule has 0 amide bonds. The normalized spacial score (nSPS) is 10.8. The van der Waals surface area contributed by atoms with E-state index in [2.05, 4.69) is 78.9 Å². The van der Waals surface area contributed by atoms with E-state index in [9.17, 15) is 5.26 Å². The molecule has 0 bridgehead atoms. The monoisotopic (exact) mass is 717 g/mol. The lowest BCUT2D eigenvalue weighted by atomic mass is 10.0. The summed E-state index contributed by atoms with van der Waals surface area (Å²) in [6.45, 7) is 0. The molecule has 0 saturated heterocycles. The van der Waals surface area contributed by atoms with E-state index in [1.54, 1.807) is 12.1 Å². The number of rotatable bonds is 8. The van der Waals surface area contributed by atoms with Gasteiger partial charge in [0.2, 0.25) is 0 Å². The van der Waals surface area contributed by atoms with Crippen LogP contribution in [0.1, 0.15) is 5.56 Å². The maximum Gasteiger partial charge on any atom is 0.164 e. The van der Waals surface area contributed by atoms with E-state index in [4.69, 9.17) is 29.9 Å². The Kier molecular flexibility index (Phi) is 9.18. The van der Waals surface area contributed by atoms with Crippen LogP contribution in [0.5, 0.6) is 0 Å². The zero-order chi connectivity index (χ0) is 37.7. The summed E-state index contributed by atoms with van der Waals surface area (Å²) in [5, 5.41) is 9.50. The van der Waals surface area contributed by atoms with Crippen molar-refractivity contribution in [3.05, 3.63) is 194 Å². The van der Waals surface area contributed by atoms with Crippen LogP contribution in [-0.2, 0) is 0 Å². The lowest BCUT2D eigenvalue weighted by molar-refractivity contribution is 1.07. The molecule has 0 aliphatic heterocycles. The van der Waals surface area contributed by atoms with Crippen molar-refractivity contribution in [2.75, 3.05) is 0 Å². The van der Waals surface area contributed by atoms with Crippen molar-refractivity contribution in [3.8, 4) is 96.7 Å². The maximum atomic E-state index is 9.50. The van der Waals surface area contributed by atoms with Gasteiger partial charge in [-0.3, -0.25) is 0 Å². The highest BCUT2D eigenvalue weighted by molar-refractivity contribution is 5.74. The molecule has 2 aromatic heterocycles. The predicted octanol–water partition coefficient (Wildman–Crippen LogP) is 11.3. The van der Waals surface area contributed by atoms with E-state index in [1.165, 1.54) is 0 Å². The second-order valence-electron chi connectivity index (χ2n) is 13.1. The predicted molar refractivity (Wildman–Crippen MR) is 221 cm³/mol. The molecule has 7 nitrogen and oxygen atoms in total. The Morgan fingerprint density at radius 3 is 0.839 bits per heavy atom. The van der Waals surface area contributed by atoms with E-state index in [1.807, 2.05) is 103 Å². The molecule has 56 heavy (non-hydrogen) atoms. The van der Waals surface area contributed by atoms with Gasteiger partial charge in [-0.15, -0.1) is 0 Å². The maximum absolute atomic E-state index is 9.50. The van der Waals surface area contributed by atoms with Crippen molar-refractivity contribution in [1.29, 1.82) is 5.26 Å². The number of nitriles is 1. The highest BCUT2D eigenvalue weighted by atomic mass is 15.0. The zero-order valence-electron chi connectivity index (χ0n) is 30.0. The summed E-state index contributed by atoms with van der Waals surface area (Å²) in [5.41, 5.74) is 10.1. The van der Waals surface area contributed by atoms with Crippen LogP contribution in [0.4, 0.5) is 0 Å². The van der Waals surface area contributed by atoms with Crippen LogP contribution >= 0.6 is 0 Å². The molecule has 0 atom stereocenters. The van der Waals surface area contributed by atoms with Crippen molar-refractivity contribution in [3.63, 3.8) is 0 Å². The van der Waals surface area contributed by atoms with Gasteiger partial charge in [0.1, 0.15) is 0 Å². The fraction of sp³-hybridized carbons (Fsp3) is 0. The van der Waals surface area contributed by atoms with Crippen molar-refractivity contribution < 1.29 is 0 Å². The van der Waals surface area contributed by atoms with Crippen LogP contribution in [0.3, 0.4) is 0 Å². The van der Waals surface area contributed by atoms with E-state index >= 15 is 0 Å². The van der Waals surface area contributed by atoms with Crippen LogP contribution in [-0.4, -0.2) is 29.9 Å². The van der Waals surface area contributed by atoms with E-state index in [0.717, 1.165) is 55.6 Å². The molecule has 0 aliphatic carbocycles. The Morgan fingerprint density at radius 2 is 0.500 bits per heavy atom. The summed E-state index contributed by atoms with van der Waals surface area (Å²) in [7, 11) is 0. The summed E-state index contributed by atoms with van der Waals surface area (Å²) in [5.74, 6) is 3.45. The molecule has 2 heterocycles. The first-order chi connectivity index (χ1) is 27.7. The van der Waals surface area contributed by atoms with Crippen LogP contribution in [0.2, 0.25) is 0 Å². The third kappa shape index (κ3) is 7.19. The lowest BCUT2D eigenvalue weighted by Crippen LogP contribution is -2.00. The molecule has 9 aromatic rings. The van der Waals surface area contributed by atoms with Crippen molar-refractivity contribution in [2.24, 2.45) is 0 Å². The van der Waals surface area contributed by atoms with E-state index in [0.29, 0.717) is 40.5 Å². The SMILES string of the molecule is N#Cc1cccc(-c2nc(-c3ccccc3)nc(-c3ccc(-c4ccc(-c5nc(-c6ccccc6)nc(-c6ccc(-c7ccccc7)cc6)n5)cc4)cc3)n2)c1. The summed E-state index contributed by atoms with van der Waals surface area (Å²) in [6.07, 6.45) is 0. The van der Waals surface area contributed by atoms with E-state index in [-0.39, 0.29) is 0 Å². The minimum absolute atomic E-state index is 0.506. The van der Waals surface area contributed by atoms with Gasteiger partial charge in [0.15, 0.2) is 34.9 Å². The molecule has 0 unspecified atom stereocenters. The molecule has 262 valence electrons. The zero-order valence-corrected chi connectivity index (χ0v) is 30.0. The highest BCUT2D eigenvalue weighted by Gasteiger charge is 2.15. The Bertz CT molecular complexity index is 2820. The van der Waals surface area contributed by atoms with Gasteiger partial charge in [0, 0.05) is 33.4 Å². The molecule has 0 radical (unpaired) electrons. The number of aromatic nitrogens is 6. The van der Waals surface area contributed by atoms with Gasteiger partial charge >= 0.3 is 0 Å². The smallest absolute Gasteiger partial charge is 0.164 e. The molecule has 0 saturated carbocycles. The average Bonchev–Trinajstić information content (AvgIpc) is 3.30. The van der Waals surface area contributed by atoms with Gasteiger partial charge in [-0.25, -0.2) is 29.9 Å². The molecule has 0 N–H and O–H groups in total. The van der Waals surface area contributed by atoms with Crippen molar-refractivity contribution in [2.45, 2.75) is 0 Å². The first-order valence-electron chi connectivity index (χ1n) is 18.2. The fourth-order valence-corrected chi connectivity index (χ4v) is 6.49. The van der Waals surface area contributed by atoms with E-state index < -0.39 is 0 Å². The van der Waals surface area contributed by atoms with Crippen molar-refractivity contribution in [1.82, 2.24) is 29.9 Å². The highest BCUT2D eigenvalue weighted by Crippen LogP contribution is 2.31. The summed E-state index contributed by atoms with van der Waals surface area (Å²) in [6, 6.07) is 64.5. The van der Waals surface area contributed by atoms with Gasteiger partial charge in [-0.2, -0.15) is 5.26 Å². The summed E-state index contributed by atoms with van der Waals surface area (Å²) in [4.78, 5) is 29.3. The first-order valence-corrected chi connectivity index (χ1v) is 18.2. The average molecular weight is 718 g/mol. The number of hydrogen-bond donors (Lipinski definition) is 0. The summed E-state index contributed by atoms with van der Waals surface area (Å²) < 4.78 is 0.